The Hall–Kier alpha value is -2.37. The molecule has 0 aliphatic heterocycles. The number of nitrogens with two attached hydrogens (primary N) is 1. The van der Waals surface area contributed by atoms with E-state index in [9.17, 15) is 9.90 Å². The first kappa shape index (κ1) is 15.5. The molecule has 1 atom stereocenters. The van der Waals surface area contributed by atoms with Crippen LogP contribution in [0.1, 0.15) is 55.3 Å². The lowest BCUT2D eigenvalue weighted by Gasteiger charge is -2.22. The Morgan fingerprint density at radius 2 is 2.09 bits per heavy atom. The van der Waals surface area contributed by atoms with E-state index in [4.69, 9.17) is 5.73 Å². The van der Waals surface area contributed by atoms with Gasteiger partial charge in [0.05, 0.1) is 12.0 Å². The first-order valence-corrected chi connectivity index (χ1v) is 8.10. The maximum absolute atomic E-state index is 11.7. The number of hydrogen-bond acceptors (Lipinski definition) is 4. The third-order valence-electron chi connectivity index (χ3n) is 4.56. The summed E-state index contributed by atoms with van der Waals surface area (Å²) in [6.07, 6.45) is 11.7. The number of aliphatic carboxylic acids is 1. The molecule has 0 radical (unpaired) electrons. The van der Waals surface area contributed by atoms with Crippen LogP contribution in [0.4, 0.5) is 5.82 Å². The third kappa shape index (κ3) is 3.70. The summed E-state index contributed by atoms with van der Waals surface area (Å²) in [4.78, 5) is 20.0. The zero-order chi connectivity index (χ0) is 16.2. The van der Waals surface area contributed by atoms with Gasteiger partial charge < -0.3 is 15.4 Å². The van der Waals surface area contributed by atoms with Crippen molar-refractivity contribution in [1.82, 2.24) is 14.5 Å². The fourth-order valence-electron chi connectivity index (χ4n) is 3.22. The summed E-state index contributed by atoms with van der Waals surface area (Å²) in [7, 11) is 0. The number of carboxylic acids is 1. The van der Waals surface area contributed by atoms with E-state index >= 15 is 0 Å². The molecule has 2 aromatic heterocycles. The summed E-state index contributed by atoms with van der Waals surface area (Å²) >= 11 is 0. The van der Waals surface area contributed by atoms with Gasteiger partial charge in [0.25, 0.3) is 0 Å². The number of hydrogen-bond donors (Lipinski definition) is 2. The molecule has 0 aromatic carbocycles. The van der Waals surface area contributed by atoms with E-state index in [1.165, 1.54) is 19.3 Å². The first-order valence-electron chi connectivity index (χ1n) is 8.10. The Morgan fingerprint density at radius 3 is 2.74 bits per heavy atom. The number of aromatic nitrogens is 3. The van der Waals surface area contributed by atoms with Gasteiger partial charge in [-0.1, -0.05) is 25.3 Å². The van der Waals surface area contributed by atoms with Crippen molar-refractivity contribution < 1.29 is 9.90 Å². The molecule has 1 aliphatic rings. The molecule has 6 nitrogen and oxygen atoms in total. The molecule has 3 rings (SSSR count). The lowest BCUT2D eigenvalue weighted by atomic mass is 9.95. The number of carbonyl (C=O) groups is 1. The zero-order valence-corrected chi connectivity index (χ0v) is 13.1. The normalized spacial score (nSPS) is 17.0. The molecule has 0 bridgehead atoms. The number of imidazole rings is 1. The topological polar surface area (TPSA) is 94.0 Å². The highest BCUT2D eigenvalue weighted by atomic mass is 16.4. The van der Waals surface area contributed by atoms with Crippen molar-refractivity contribution in [3.63, 3.8) is 0 Å². The summed E-state index contributed by atoms with van der Waals surface area (Å²) in [6, 6.07) is 3.96. The van der Waals surface area contributed by atoms with Crippen molar-refractivity contribution in [2.45, 2.75) is 50.5 Å². The van der Waals surface area contributed by atoms with Crippen LogP contribution in [-0.2, 0) is 11.2 Å². The number of anilines is 1. The molecule has 1 fully saturated rings. The Labute approximate surface area is 135 Å². The van der Waals surface area contributed by atoms with Crippen molar-refractivity contribution in [2.75, 3.05) is 5.73 Å². The summed E-state index contributed by atoms with van der Waals surface area (Å²) in [6.45, 7) is 0. The van der Waals surface area contributed by atoms with Gasteiger partial charge in [-0.3, -0.25) is 4.79 Å². The molecule has 1 saturated carbocycles. The fourth-order valence-corrected chi connectivity index (χ4v) is 3.22. The highest BCUT2D eigenvalue weighted by molar-refractivity contribution is 5.75. The highest BCUT2D eigenvalue weighted by Crippen LogP contribution is 2.29. The van der Waals surface area contributed by atoms with Crippen LogP contribution in [-0.4, -0.2) is 25.6 Å². The van der Waals surface area contributed by atoms with Crippen molar-refractivity contribution in [2.24, 2.45) is 0 Å². The van der Waals surface area contributed by atoms with Gasteiger partial charge in [-0.25, -0.2) is 9.97 Å². The standard InChI is InChI=1S/C17H22N4O2/c18-16-7-6-12(9-19-16)8-14(17(22)23)15-10-21(11-20-15)13-4-2-1-3-5-13/h6-7,9-11,13-14H,1-5,8H2,(H2,18,19)(H,22,23)/t14-/m1/s1. The van der Waals surface area contributed by atoms with Crippen molar-refractivity contribution >= 4 is 11.8 Å². The predicted molar refractivity (Wildman–Crippen MR) is 87.1 cm³/mol. The monoisotopic (exact) mass is 314 g/mol. The van der Waals surface area contributed by atoms with Gasteiger partial charge in [-0.2, -0.15) is 0 Å². The molecule has 2 heterocycles. The quantitative estimate of drug-likeness (QED) is 0.885. The Bertz CT molecular complexity index is 659. The van der Waals surface area contributed by atoms with Crippen molar-refractivity contribution in [1.29, 1.82) is 0 Å². The van der Waals surface area contributed by atoms with Crippen LogP contribution in [0, 0.1) is 0 Å². The summed E-state index contributed by atoms with van der Waals surface area (Å²) in [5.41, 5.74) is 7.03. The molecule has 3 N–H and O–H groups in total. The average molecular weight is 314 g/mol. The molecule has 1 aliphatic carbocycles. The summed E-state index contributed by atoms with van der Waals surface area (Å²) in [5.74, 6) is -1.09. The van der Waals surface area contributed by atoms with E-state index in [0.717, 1.165) is 18.4 Å². The maximum atomic E-state index is 11.7. The highest BCUT2D eigenvalue weighted by Gasteiger charge is 2.24. The van der Waals surface area contributed by atoms with Gasteiger partial charge in [0.15, 0.2) is 0 Å². The molecule has 0 saturated heterocycles. The fraction of sp³-hybridized carbons (Fsp3) is 0.471. The smallest absolute Gasteiger partial charge is 0.312 e. The van der Waals surface area contributed by atoms with E-state index < -0.39 is 11.9 Å². The van der Waals surface area contributed by atoms with Gasteiger partial charge in [-0.05, 0) is 30.9 Å². The molecule has 6 heteroatoms. The van der Waals surface area contributed by atoms with E-state index in [0.29, 0.717) is 24.0 Å². The second-order valence-electron chi connectivity index (χ2n) is 6.22. The van der Waals surface area contributed by atoms with Crippen LogP contribution < -0.4 is 5.73 Å². The predicted octanol–water partition coefficient (Wildman–Crippen LogP) is 2.78. The number of nitrogen functional groups attached to an aromatic ring is 1. The van der Waals surface area contributed by atoms with Gasteiger partial charge in [-0.15, -0.1) is 0 Å². The van der Waals surface area contributed by atoms with E-state index in [-0.39, 0.29) is 0 Å². The molecule has 122 valence electrons. The van der Waals surface area contributed by atoms with Crippen LogP contribution in [0.5, 0.6) is 0 Å². The number of carboxylic acid groups (broad SMARTS) is 1. The van der Waals surface area contributed by atoms with Crippen LogP contribution in [0.15, 0.2) is 30.9 Å². The minimum Gasteiger partial charge on any atom is -0.481 e. The molecule has 0 unspecified atom stereocenters. The van der Waals surface area contributed by atoms with E-state index in [2.05, 4.69) is 14.5 Å². The zero-order valence-electron chi connectivity index (χ0n) is 13.1. The first-order chi connectivity index (χ1) is 11.1. The number of rotatable bonds is 5. The van der Waals surface area contributed by atoms with E-state index in [1.54, 1.807) is 18.6 Å². The van der Waals surface area contributed by atoms with Crippen LogP contribution in [0.25, 0.3) is 0 Å². The Balaban J connectivity index is 1.77. The summed E-state index contributed by atoms with van der Waals surface area (Å²) < 4.78 is 2.09. The van der Waals surface area contributed by atoms with Gasteiger partial charge >= 0.3 is 5.97 Å². The average Bonchev–Trinajstić information content (AvgIpc) is 3.04. The molecule has 0 spiro atoms. The lowest BCUT2D eigenvalue weighted by molar-refractivity contribution is -0.138. The second kappa shape index (κ2) is 6.81. The molecule has 2 aromatic rings. The van der Waals surface area contributed by atoms with Crippen molar-refractivity contribution in [3.8, 4) is 0 Å². The SMILES string of the molecule is Nc1ccc(C[C@@H](C(=O)O)c2cn(C3CCCCC3)cn2)cn1. The largest absolute Gasteiger partial charge is 0.481 e. The second-order valence-corrected chi connectivity index (χ2v) is 6.22. The minimum absolute atomic E-state index is 0.365. The Morgan fingerprint density at radius 1 is 1.30 bits per heavy atom. The number of nitrogens with zero attached hydrogens (tertiary/aromatic N) is 3. The van der Waals surface area contributed by atoms with Gasteiger partial charge in [0.1, 0.15) is 11.7 Å². The van der Waals surface area contributed by atoms with Crippen LogP contribution in [0.2, 0.25) is 0 Å². The molecular formula is C17H22N4O2. The summed E-state index contributed by atoms with van der Waals surface area (Å²) in [5, 5.41) is 9.57. The van der Waals surface area contributed by atoms with Crippen molar-refractivity contribution in [3.05, 3.63) is 42.1 Å². The lowest BCUT2D eigenvalue weighted by Crippen LogP contribution is -2.15. The molecular weight excluding hydrogens is 292 g/mol. The van der Waals surface area contributed by atoms with Crippen LogP contribution in [0.3, 0.4) is 0 Å². The minimum atomic E-state index is -0.865. The van der Waals surface area contributed by atoms with Gasteiger partial charge in [0, 0.05) is 18.4 Å². The molecule has 23 heavy (non-hydrogen) atoms. The number of pyridine rings is 1. The van der Waals surface area contributed by atoms with Gasteiger partial charge in [0.2, 0.25) is 0 Å². The molecule has 0 amide bonds. The third-order valence-corrected chi connectivity index (χ3v) is 4.56. The maximum Gasteiger partial charge on any atom is 0.312 e. The van der Waals surface area contributed by atoms with E-state index in [1.807, 2.05) is 12.3 Å². The van der Waals surface area contributed by atoms with Crippen LogP contribution >= 0.6 is 0 Å². The Kier molecular flexibility index (Phi) is 4.60.